The van der Waals surface area contributed by atoms with Gasteiger partial charge in [-0.15, -0.1) is 0 Å². The van der Waals surface area contributed by atoms with E-state index in [1.807, 2.05) is 26.1 Å². The second-order valence-electron chi connectivity index (χ2n) is 4.89. The van der Waals surface area contributed by atoms with E-state index in [0.29, 0.717) is 12.6 Å². The van der Waals surface area contributed by atoms with Crippen molar-refractivity contribution in [1.29, 1.82) is 0 Å². The molecular weight excluding hydrogens is 227 g/mol. The minimum atomic E-state index is -0.136. The van der Waals surface area contributed by atoms with Crippen molar-refractivity contribution in [3.05, 3.63) is 35.6 Å². The first-order valence-corrected chi connectivity index (χ1v) is 6.78. The molecule has 0 saturated heterocycles. The molecule has 0 saturated carbocycles. The molecule has 2 unspecified atom stereocenters. The second kappa shape index (κ2) is 7.49. The number of benzene rings is 1. The summed E-state index contributed by atoms with van der Waals surface area (Å²) < 4.78 is 13.8. The van der Waals surface area contributed by atoms with Gasteiger partial charge in [-0.3, -0.25) is 4.90 Å². The number of nitrogens with zero attached hydrogens (tertiary/aromatic N) is 1. The highest BCUT2D eigenvalue weighted by atomic mass is 19.1. The van der Waals surface area contributed by atoms with E-state index in [2.05, 4.69) is 11.8 Å². The third kappa shape index (κ3) is 3.79. The van der Waals surface area contributed by atoms with Crippen LogP contribution in [-0.4, -0.2) is 24.5 Å². The summed E-state index contributed by atoms with van der Waals surface area (Å²) in [5.41, 5.74) is 6.58. The molecule has 2 N–H and O–H groups in total. The van der Waals surface area contributed by atoms with Gasteiger partial charge in [-0.25, -0.2) is 4.39 Å². The molecule has 0 heterocycles. The Bertz CT molecular complexity index is 354. The number of likely N-dealkylation sites (N-methyl/N-ethyl adjacent to an activating group) is 1. The van der Waals surface area contributed by atoms with Gasteiger partial charge < -0.3 is 5.73 Å². The Morgan fingerprint density at radius 1 is 1.33 bits per heavy atom. The maximum absolute atomic E-state index is 13.8. The van der Waals surface area contributed by atoms with Crippen LogP contribution in [0.2, 0.25) is 0 Å². The van der Waals surface area contributed by atoms with Gasteiger partial charge in [-0.05, 0) is 26.5 Å². The van der Waals surface area contributed by atoms with Crippen molar-refractivity contribution in [1.82, 2.24) is 4.90 Å². The van der Waals surface area contributed by atoms with E-state index < -0.39 is 0 Å². The van der Waals surface area contributed by atoms with Crippen LogP contribution < -0.4 is 5.73 Å². The molecule has 2 nitrogen and oxygen atoms in total. The van der Waals surface area contributed by atoms with Crippen molar-refractivity contribution in [3.63, 3.8) is 0 Å². The summed E-state index contributed by atoms with van der Waals surface area (Å²) >= 11 is 0. The van der Waals surface area contributed by atoms with Crippen LogP contribution in [0.25, 0.3) is 0 Å². The lowest BCUT2D eigenvalue weighted by Crippen LogP contribution is -2.39. The van der Waals surface area contributed by atoms with Gasteiger partial charge >= 0.3 is 0 Å². The highest BCUT2D eigenvalue weighted by molar-refractivity contribution is 5.20. The lowest BCUT2D eigenvalue weighted by Gasteiger charge is -2.33. The average Bonchev–Trinajstić information content (AvgIpc) is 2.39. The largest absolute Gasteiger partial charge is 0.329 e. The standard InChI is InChI=1S/C15H25FN2/c1-4-5-8-13(11-17)18(3)12(2)14-9-6-7-10-15(14)16/h6-7,9-10,12-13H,4-5,8,11,17H2,1-3H3. The third-order valence-corrected chi connectivity index (χ3v) is 3.71. The molecule has 0 fully saturated rings. The normalized spacial score (nSPS) is 14.8. The lowest BCUT2D eigenvalue weighted by atomic mass is 10.0. The summed E-state index contributed by atoms with van der Waals surface area (Å²) in [6.07, 6.45) is 3.40. The van der Waals surface area contributed by atoms with Crippen LogP contribution >= 0.6 is 0 Å². The van der Waals surface area contributed by atoms with Crippen molar-refractivity contribution < 1.29 is 4.39 Å². The van der Waals surface area contributed by atoms with Crippen LogP contribution in [0.4, 0.5) is 4.39 Å². The first-order chi connectivity index (χ1) is 8.61. The predicted octanol–water partition coefficient (Wildman–Crippen LogP) is 3.34. The maximum atomic E-state index is 13.8. The smallest absolute Gasteiger partial charge is 0.127 e. The molecule has 2 atom stereocenters. The van der Waals surface area contributed by atoms with Gasteiger partial charge in [0.05, 0.1) is 0 Å². The van der Waals surface area contributed by atoms with E-state index in [0.717, 1.165) is 18.4 Å². The molecule has 1 aromatic rings. The topological polar surface area (TPSA) is 29.3 Å². The Kier molecular flexibility index (Phi) is 6.30. The summed E-state index contributed by atoms with van der Waals surface area (Å²) in [6.45, 7) is 4.83. The lowest BCUT2D eigenvalue weighted by molar-refractivity contribution is 0.174. The summed E-state index contributed by atoms with van der Waals surface area (Å²) in [5.74, 6) is -0.136. The van der Waals surface area contributed by atoms with E-state index >= 15 is 0 Å². The molecule has 0 bridgehead atoms. The SMILES string of the molecule is CCCCC(CN)N(C)C(C)c1ccccc1F. The van der Waals surface area contributed by atoms with Crippen LogP contribution in [0.3, 0.4) is 0 Å². The van der Waals surface area contributed by atoms with Crippen molar-refractivity contribution >= 4 is 0 Å². The molecule has 0 radical (unpaired) electrons. The highest BCUT2D eigenvalue weighted by Crippen LogP contribution is 2.24. The highest BCUT2D eigenvalue weighted by Gasteiger charge is 2.21. The van der Waals surface area contributed by atoms with E-state index in [-0.39, 0.29) is 11.9 Å². The molecule has 0 aliphatic carbocycles. The molecule has 0 aromatic heterocycles. The van der Waals surface area contributed by atoms with Gasteiger partial charge in [0.2, 0.25) is 0 Å². The van der Waals surface area contributed by atoms with Crippen molar-refractivity contribution in [2.45, 2.75) is 45.2 Å². The molecule has 0 amide bonds. The summed E-state index contributed by atoms with van der Waals surface area (Å²) in [4.78, 5) is 2.19. The van der Waals surface area contributed by atoms with E-state index in [4.69, 9.17) is 5.73 Å². The molecule has 1 aromatic carbocycles. The molecule has 0 aliphatic rings. The molecule has 0 spiro atoms. The van der Waals surface area contributed by atoms with Crippen molar-refractivity contribution in [2.75, 3.05) is 13.6 Å². The quantitative estimate of drug-likeness (QED) is 0.806. The van der Waals surface area contributed by atoms with Crippen LogP contribution in [0.1, 0.15) is 44.7 Å². The zero-order valence-corrected chi connectivity index (χ0v) is 11.7. The van der Waals surface area contributed by atoms with Gasteiger partial charge in [0.25, 0.3) is 0 Å². The fraction of sp³-hybridized carbons (Fsp3) is 0.600. The predicted molar refractivity (Wildman–Crippen MR) is 74.9 cm³/mol. The van der Waals surface area contributed by atoms with Crippen LogP contribution in [0, 0.1) is 5.82 Å². The Balaban J connectivity index is 2.75. The monoisotopic (exact) mass is 252 g/mol. The average molecular weight is 252 g/mol. The van der Waals surface area contributed by atoms with Crippen LogP contribution in [0.5, 0.6) is 0 Å². The van der Waals surface area contributed by atoms with E-state index in [9.17, 15) is 4.39 Å². The Morgan fingerprint density at radius 3 is 2.56 bits per heavy atom. The molecule has 0 aliphatic heterocycles. The maximum Gasteiger partial charge on any atom is 0.127 e. The second-order valence-corrected chi connectivity index (χ2v) is 4.89. The number of rotatable bonds is 7. The van der Waals surface area contributed by atoms with Gasteiger partial charge in [0.1, 0.15) is 5.82 Å². The van der Waals surface area contributed by atoms with Crippen LogP contribution in [-0.2, 0) is 0 Å². The first-order valence-electron chi connectivity index (χ1n) is 6.78. The number of halogens is 1. The minimum absolute atomic E-state index is 0.0524. The zero-order chi connectivity index (χ0) is 13.5. The van der Waals surface area contributed by atoms with E-state index in [1.165, 1.54) is 12.5 Å². The third-order valence-electron chi connectivity index (χ3n) is 3.71. The van der Waals surface area contributed by atoms with Crippen molar-refractivity contribution in [3.8, 4) is 0 Å². The molecule has 102 valence electrons. The first kappa shape index (κ1) is 15.1. The summed E-state index contributed by atoms with van der Waals surface area (Å²) in [5, 5.41) is 0. The fourth-order valence-corrected chi connectivity index (χ4v) is 2.28. The number of unbranched alkanes of at least 4 members (excludes halogenated alkanes) is 1. The zero-order valence-electron chi connectivity index (χ0n) is 11.7. The van der Waals surface area contributed by atoms with Crippen molar-refractivity contribution in [2.24, 2.45) is 5.73 Å². The van der Waals surface area contributed by atoms with Gasteiger partial charge in [0.15, 0.2) is 0 Å². The Hall–Kier alpha value is -0.930. The van der Waals surface area contributed by atoms with Gasteiger partial charge in [-0.2, -0.15) is 0 Å². The summed E-state index contributed by atoms with van der Waals surface area (Å²) in [6, 6.07) is 7.35. The van der Waals surface area contributed by atoms with Crippen LogP contribution in [0.15, 0.2) is 24.3 Å². The fourth-order valence-electron chi connectivity index (χ4n) is 2.28. The molecule has 18 heavy (non-hydrogen) atoms. The Labute approximate surface area is 110 Å². The Morgan fingerprint density at radius 2 is 2.00 bits per heavy atom. The number of hydrogen-bond donors (Lipinski definition) is 1. The number of nitrogens with two attached hydrogens (primary N) is 1. The molecular formula is C15H25FN2. The van der Waals surface area contributed by atoms with Gasteiger partial charge in [0, 0.05) is 24.2 Å². The summed E-state index contributed by atoms with van der Waals surface area (Å²) in [7, 11) is 2.03. The molecule has 1 rings (SSSR count). The van der Waals surface area contributed by atoms with Gasteiger partial charge in [-0.1, -0.05) is 38.0 Å². The van der Waals surface area contributed by atoms with E-state index in [1.54, 1.807) is 6.07 Å². The number of hydrogen-bond acceptors (Lipinski definition) is 2. The minimum Gasteiger partial charge on any atom is -0.329 e. The molecule has 3 heteroatoms.